The molecular formula is C17H18N2O5S. The molecule has 2 aromatic carbocycles. The zero-order valence-electron chi connectivity index (χ0n) is 14.0. The van der Waals surface area contributed by atoms with Crippen molar-refractivity contribution >= 4 is 27.3 Å². The van der Waals surface area contributed by atoms with Crippen molar-refractivity contribution in [2.45, 2.75) is 18.7 Å². The molecule has 0 fully saturated rings. The largest absolute Gasteiger partial charge is 0.495 e. The van der Waals surface area contributed by atoms with Crippen molar-refractivity contribution in [3.63, 3.8) is 0 Å². The van der Waals surface area contributed by atoms with E-state index >= 15 is 0 Å². The molecular weight excluding hydrogens is 344 g/mol. The van der Waals surface area contributed by atoms with Gasteiger partial charge in [-0.1, -0.05) is 6.07 Å². The second kappa shape index (κ2) is 6.29. The van der Waals surface area contributed by atoms with Gasteiger partial charge in [0.15, 0.2) is 6.61 Å². The lowest BCUT2D eigenvalue weighted by molar-refractivity contribution is -0.118. The van der Waals surface area contributed by atoms with E-state index in [9.17, 15) is 13.2 Å². The van der Waals surface area contributed by atoms with Gasteiger partial charge in [-0.25, -0.2) is 8.42 Å². The van der Waals surface area contributed by atoms with Crippen molar-refractivity contribution in [2.24, 2.45) is 0 Å². The minimum atomic E-state index is -3.86. The zero-order valence-corrected chi connectivity index (χ0v) is 14.9. The number of nitrogens with one attached hydrogen (secondary N) is 2. The number of benzene rings is 2. The molecule has 0 spiro atoms. The smallest absolute Gasteiger partial charge is 0.262 e. The minimum Gasteiger partial charge on any atom is -0.495 e. The number of rotatable bonds is 4. The van der Waals surface area contributed by atoms with Gasteiger partial charge in [-0.15, -0.1) is 0 Å². The van der Waals surface area contributed by atoms with E-state index in [1.165, 1.54) is 13.2 Å². The van der Waals surface area contributed by atoms with Gasteiger partial charge in [-0.05, 0) is 43.2 Å². The first-order valence-corrected chi connectivity index (χ1v) is 9.03. The number of sulfonamides is 1. The number of carbonyl (C=O) groups excluding carboxylic acids is 1. The lowest BCUT2D eigenvalue weighted by Gasteiger charge is -2.20. The van der Waals surface area contributed by atoms with Gasteiger partial charge in [0.1, 0.15) is 11.5 Å². The third kappa shape index (κ3) is 3.39. The van der Waals surface area contributed by atoms with Gasteiger partial charge in [0.2, 0.25) is 0 Å². The maximum atomic E-state index is 12.8. The van der Waals surface area contributed by atoms with Crippen LogP contribution in [-0.4, -0.2) is 28.0 Å². The van der Waals surface area contributed by atoms with Gasteiger partial charge in [0.05, 0.1) is 23.4 Å². The molecule has 0 unspecified atom stereocenters. The average molecular weight is 362 g/mol. The van der Waals surface area contributed by atoms with E-state index in [1.54, 1.807) is 25.1 Å². The molecule has 0 radical (unpaired) electrons. The molecule has 0 saturated carbocycles. The monoisotopic (exact) mass is 362 g/mol. The summed E-state index contributed by atoms with van der Waals surface area (Å²) in [4.78, 5) is 11.5. The Hall–Kier alpha value is -2.74. The van der Waals surface area contributed by atoms with Gasteiger partial charge in [-0.3, -0.25) is 9.52 Å². The third-order valence-electron chi connectivity index (χ3n) is 3.80. The van der Waals surface area contributed by atoms with E-state index < -0.39 is 10.0 Å². The fourth-order valence-corrected chi connectivity index (χ4v) is 3.91. The average Bonchev–Trinajstić information content (AvgIpc) is 2.53. The van der Waals surface area contributed by atoms with E-state index in [0.717, 1.165) is 5.56 Å². The standard InChI is InChI=1S/C17H18N2O5S/c1-10-4-5-14(23-3)13(6-10)19-25(21,22)16-8-15-12(7-11(16)2)18-17(20)9-24-15/h4-8,19H,9H2,1-3H3,(H,18,20). The van der Waals surface area contributed by atoms with Crippen molar-refractivity contribution in [3.05, 3.63) is 41.5 Å². The fraction of sp³-hybridized carbons (Fsp3) is 0.235. The summed E-state index contributed by atoms with van der Waals surface area (Å²) in [7, 11) is -2.39. The first-order valence-electron chi connectivity index (χ1n) is 7.55. The molecule has 1 aliphatic heterocycles. The number of aryl methyl sites for hydroxylation is 2. The molecule has 8 heteroatoms. The maximum absolute atomic E-state index is 12.8. The fourth-order valence-electron chi connectivity index (χ4n) is 2.61. The van der Waals surface area contributed by atoms with Gasteiger partial charge >= 0.3 is 0 Å². The normalized spacial score (nSPS) is 13.5. The van der Waals surface area contributed by atoms with E-state index in [4.69, 9.17) is 9.47 Å². The quantitative estimate of drug-likeness (QED) is 0.871. The van der Waals surface area contributed by atoms with E-state index in [1.807, 2.05) is 13.0 Å². The molecule has 1 aliphatic rings. The lowest BCUT2D eigenvalue weighted by atomic mass is 10.2. The molecule has 3 rings (SSSR count). The van der Waals surface area contributed by atoms with Crippen LogP contribution < -0.4 is 19.5 Å². The SMILES string of the molecule is COc1ccc(C)cc1NS(=O)(=O)c1cc2c(cc1C)NC(=O)CO2. The topological polar surface area (TPSA) is 93.7 Å². The van der Waals surface area contributed by atoms with Gasteiger partial charge < -0.3 is 14.8 Å². The Morgan fingerprint density at radius 3 is 2.68 bits per heavy atom. The number of hydrogen-bond acceptors (Lipinski definition) is 5. The highest BCUT2D eigenvalue weighted by molar-refractivity contribution is 7.92. The van der Waals surface area contributed by atoms with Crippen LogP contribution in [0.4, 0.5) is 11.4 Å². The number of hydrogen-bond donors (Lipinski definition) is 2. The highest BCUT2D eigenvalue weighted by Crippen LogP contribution is 2.34. The first-order chi connectivity index (χ1) is 11.8. The van der Waals surface area contributed by atoms with Crippen LogP contribution in [0.3, 0.4) is 0 Å². The summed E-state index contributed by atoms with van der Waals surface area (Å²) in [5.74, 6) is 0.472. The van der Waals surface area contributed by atoms with Crippen molar-refractivity contribution < 1.29 is 22.7 Å². The molecule has 0 bridgehead atoms. The summed E-state index contributed by atoms with van der Waals surface area (Å²) in [6, 6.07) is 8.22. The Bertz CT molecular complexity index is 954. The summed E-state index contributed by atoms with van der Waals surface area (Å²) < 4.78 is 38.8. The Morgan fingerprint density at radius 2 is 1.96 bits per heavy atom. The van der Waals surface area contributed by atoms with Crippen LogP contribution in [-0.2, 0) is 14.8 Å². The number of carbonyl (C=O) groups is 1. The third-order valence-corrected chi connectivity index (χ3v) is 5.31. The molecule has 2 N–H and O–H groups in total. The molecule has 25 heavy (non-hydrogen) atoms. The number of ether oxygens (including phenoxy) is 2. The minimum absolute atomic E-state index is 0.0750. The molecule has 0 saturated heterocycles. The number of amides is 1. The summed E-state index contributed by atoms with van der Waals surface area (Å²) in [5, 5.41) is 2.66. The molecule has 0 atom stereocenters. The molecule has 132 valence electrons. The summed E-state index contributed by atoms with van der Waals surface area (Å²) in [6.07, 6.45) is 0. The molecule has 0 aromatic heterocycles. The molecule has 1 amide bonds. The van der Waals surface area contributed by atoms with Crippen LogP contribution in [0.25, 0.3) is 0 Å². The van der Waals surface area contributed by atoms with Crippen molar-refractivity contribution in [1.82, 2.24) is 0 Å². The van der Waals surface area contributed by atoms with E-state index in [0.29, 0.717) is 28.4 Å². The summed E-state index contributed by atoms with van der Waals surface area (Å²) in [6.45, 7) is 3.37. The van der Waals surface area contributed by atoms with Gasteiger partial charge in [0.25, 0.3) is 15.9 Å². The lowest BCUT2D eigenvalue weighted by Crippen LogP contribution is -2.26. The Morgan fingerprint density at radius 1 is 1.20 bits per heavy atom. The maximum Gasteiger partial charge on any atom is 0.262 e. The van der Waals surface area contributed by atoms with Crippen LogP contribution in [0.15, 0.2) is 35.2 Å². The van der Waals surface area contributed by atoms with Crippen molar-refractivity contribution in [1.29, 1.82) is 0 Å². The summed E-state index contributed by atoms with van der Waals surface area (Å²) >= 11 is 0. The van der Waals surface area contributed by atoms with Crippen LogP contribution >= 0.6 is 0 Å². The van der Waals surface area contributed by atoms with E-state index in [-0.39, 0.29) is 17.4 Å². The summed E-state index contributed by atoms with van der Waals surface area (Å²) in [5.41, 5.74) is 2.20. The molecule has 1 heterocycles. The van der Waals surface area contributed by atoms with Crippen LogP contribution in [0.1, 0.15) is 11.1 Å². The van der Waals surface area contributed by atoms with Gasteiger partial charge in [0, 0.05) is 6.07 Å². The van der Waals surface area contributed by atoms with Gasteiger partial charge in [-0.2, -0.15) is 0 Å². The number of anilines is 2. The van der Waals surface area contributed by atoms with Crippen molar-refractivity contribution in [3.8, 4) is 11.5 Å². The molecule has 7 nitrogen and oxygen atoms in total. The Kier molecular flexibility index (Phi) is 4.30. The first kappa shape index (κ1) is 17.1. The Balaban J connectivity index is 2.01. The number of methoxy groups -OCH3 is 1. The van der Waals surface area contributed by atoms with Crippen LogP contribution in [0, 0.1) is 13.8 Å². The Labute approximate surface area is 146 Å². The van der Waals surface area contributed by atoms with Crippen molar-refractivity contribution in [2.75, 3.05) is 23.8 Å². The molecule has 2 aromatic rings. The zero-order chi connectivity index (χ0) is 18.2. The van der Waals surface area contributed by atoms with Crippen LogP contribution in [0.2, 0.25) is 0 Å². The second-order valence-electron chi connectivity index (χ2n) is 5.76. The predicted molar refractivity (Wildman–Crippen MR) is 93.8 cm³/mol. The highest BCUT2D eigenvalue weighted by Gasteiger charge is 2.24. The highest BCUT2D eigenvalue weighted by atomic mass is 32.2. The van der Waals surface area contributed by atoms with Crippen LogP contribution in [0.5, 0.6) is 11.5 Å². The second-order valence-corrected chi connectivity index (χ2v) is 7.41. The number of fused-ring (bicyclic) bond motifs is 1. The van der Waals surface area contributed by atoms with E-state index in [2.05, 4.69) is 10.0 Å². The predicted octanol–water partition coefficient (Wildman–Crippen LogP) is 2.44. The molecule has 0 aliphatic carbocycles.